The van der Waals surface area contributed by atoms with Crippen molar-refractivity contribution in [2.75, 3.05) is 0 Å². The van der Waals surface area contributed by atoms with Gasteiger partial charge in [-0.1, -0.05) is 71.7 Å². The van der Waals surface area contributed by atoms with Crippen LogP contribution in [0.4, 0.5) is 0 Å². The third-order valence-corrected chi connectivity index (χ3v) is 4.14. The number of halogens is 1. The van der Waals surface area contributed by atoms with Gasteiger partial charge in [0.15, 0.2) is 0 Å². The summed E-state index contributed by atoms with van der Waals surface area (Å²) in [6.45, 7) is 6.14. The Balaban J connectivity index is 2.54. The average molecular weight is 319 g/mol. The monoisotopic (exact) mass is 318 g/mol. The van der Waals surface area contributed by atoms with Gasteiger partial charge >= 0.3 is 0 Å². The lowest BCUT2D eigenvalue weighted by atomic mass is 9.77. The largest absolute Gasteiger partial charge is 0.380 e. The molecular formula is C17H19BrO. The molecule has 0 radical (unpaired) electrons. The lowest BCUT2D eigenvalue weighted by Crippen LogP contribution is -2.33. The first-order valence-corrected chi connectivity index (χ1v) is 7.29. The highest BCUT2D eigenvalue weighted by Gasteiger charge is 2.34. The highest BCUT2D eigenvalue weighted by atomic mass is 79.9. The Morgan fingerprint density at radius 3 is 1.74 bits per heavy atom. The van der Waals surface area contributed by atoms with Gasteiger partial charge in [0.25, 0.3) is 0 Å². The molecular weight excluding hydrogens is 300 g/mol. The summed E-state index contributed by atoms with van der Waals surface area (Å²) < 4.78 is 1.02. The molecule has 0 amide bonds. The van der Waals surface area contributed by atoms with Gasteiger partial charge in [0, 0.05) is 4.47 Å². The zero-order chi connectivity index (χ0) is 14.0. The Morgan fingerprint density at radius 2 is 1.32 bits per heavy atom. The van der Waals surface area contributed by atoms with Crippen LogP contribution in [0, 0.1) is 12.8 Å². The zero-order valence-electron chi connectivity index (χ0n) is 11.5. The Hall–Kier alpha value is -1.12. The number of aryl methyl sites for hydroxylation is 1. The fourth-order valence-electron chi connectivity index (χ4n) is 2.34. The van der Waals surface area contributed by atoms with Gasteiger partial charge in [0.05, 0.1) is 0 Å². The van der Waals surface area contributed by atoms with Crippen LogP contribution < -0.4 is 0 Å². The topological polar surface area (TPSA) is 20.2 Å². The molecule has 1 nitrogen and oxygen atoms in total. The number of aliphatic hydroxyl groups is 1. The van der Waals surface area contributed by atoms with Gasteiger partial charge in [-0.2, -0.15) is 0 Å². The van der Waals surface area contributed by atoms with Gasteiger partial charge in [0.1, 0.15) is 5.60 Å². The van der Waals surface area contributed by atoms with Crippen LogP contribution in [0.25, 0.3) is 0 Å². The molecule has 0 bridgehead atoms. The molecule has 1 unspecified atom stereocenters. The second-order valence-electron chi connectivity index (χ2n) is 5.29. The van der Waals surface area contributed by atoms with E-state index in [9.17, 15) is 5.11 Å². The Bertz CT molecular complexity index is 495. The molecule has 0 spiro atoms. The maximum atomic E-state index is 11.2. The van der Waals surface area contributed by atoms with Crippen LogP contribution in [0.3, 0.4) is 0 Å². The van der Waals surface area contributed by atoms with Crippen molar-refractivity contribution in [3.05, 3.63) is 69.7 Å². The summed E-state index contributed by atoms with van der Waals surface area (Å²) >= 11 is 3.43. The van der Waals surface area contributed by atoms with Crippen LogP contribution in [0.15, 0.2) is 53.0 Å². The van der Waals surface area contributed by atoms with E-state index in [0.29, 0.717) is 0 Å². The van der Waals surface area contributed by atoms with E-state index in [2.05, 4.69) is 22.9 Å². The molecule has 0 aromatic heterocycles. The lowest BCUT2D eigenvalue weighted by Gasteiger charge is -2.33. The Morgan fingerprint density at radius 1 is 0.895 bits per heavy atom. The van der Waals surface area contributed by atoms with E-state index in [1.165, 1.54) is 5.56 Å². The number of rotatable bonds is 3. The smallest absolute Gasteiger partial charge is 0.117 e. The maximum Gasteiger partial charge on any atom is 0.117 e. The summed E-state index contributed by atoms with van der Waals surface area (Å²) in [5, 5.41) is 11.2. The second kappa shape index (κ2) is 5.48. The second-order valence-corrected chi connectivity index (χ2v) is 6.21. The molecule has 0 saturated heterocycles. The van der Waals surface area contributed by atoms with Gasteiger partial charge in [-0.15, -0.1) is 0 Å². The van der Waals surface area contributed by atoms with Crippen molar-refractivity contribution < 1.29 is 5.11 Å². The zero-order valence-corrected chi connectivity index (χ0v) is 13.1. The summed E-state index contributed by atoms with van der Waals surface area (Å²) in [5.41, 5.74) is 2.12. The standard InChI is InChI=1S/C17H19BrO/c1-12(2)17(19,14-6-4-13(3)5-7-14)15-8-10-16(18)11-9-15/h4-12,19H,1-3H3. The minimum atomic E-state index is -0.950. The summed E-state index contributed by atoms with van der Waals surface area (Å²) in [5.74, 6) is 0.0939. The normalized spacial score (nSPS) is 14.4. The molecule has 100 valence electrons. The molecule has 0 aliphatic rings. The van der Waals surface area contributed by atoms with E-state index in [4.69, 9.17) is 0 Å². The van der Waals surface area contributed by atoms with Crippen LogP contribution in [0.2, 0.25) is 0 Å². The lowest BCUT2D eigenvalue weighted by molar-refractivity contribution is 0.0317. The van der Waals surface area contributed by atoms with E-state index in [1.807, 2.05) is 62.4 Å². The number of hydrogen-bond acceptors (Lipinski definition) is 1. The molecule has 2 aromatic carbocycles. The summed E-state index contributed by atoms with van der Waals surface area (Å²) in [6, 6.07) is 16.0. The van der Waals surface area contributed by atoms with Crippen LogP contribution >= 0.6 is 15.9 Å². The highest BCUT2D eigenvalue weighted by molar-refractivity contribution is 9.10. The van der Waals surface area contributed by atoms with E-state index in [0.717, 1.165) is 15.6 Å². The number of benzene rings is 2. The van der Waals surface area contributed by atoms with Crippen molar-refractivity contribution in [3.63, 3.8) is 0 Å². The first kappa shape index (κ1) is 14.3. The van der Waals surface area contributed by atoms with E-state index in [1.54, 1.807) is 0 Å². The van der Waals surface area contributed by atoms with Crippen LogP contribution in [-0.4, -0.2) is 5.11 Å². The van der Waals surface area contributed by atoms with Crippen molar-refractivity contribution in [1.82, 2.24) is 0 Å². The van der Waals surface area contributed by atoms with Gasteiger partial charge in [-0.25, -0.2) is 0 Å². The third kappa shape index (κ3) is 2.75. The van der Waals surface area contributed by atoms with Crippen LogP contribution in [-0.2, 0) is 5.60 Å². The Kier molecular flexibility index (Phi) is 4.12. The molecule has 1 N–H and O–H groups in total. The maximum absolute atomic E-state index is 11.2. The SMILES string of the molecule is Cc1ccc(C(O)(c2ccc(Br)cc2)C(C)C)cc1. The van der Waals surface area contributed by atoms with Crippen molar-refractivity contribution >= 4 is 15.9 Å². The fourth-order valence-corrected chi connectivity index (χ4v) is 2.61. The molecule has 2 rings (SSSR count). The van der Waals surface area contributed by atoms with Crippen molar-refractivity contribution in [2.45, 2.75) is 26.4 Å². The molecule has 0 heterocycles. The van der Waals surface area contributed by atoms with Gasteiger partial charge < -0.3 is 5.11 Å². The molecule has 0 fully saturated rings. The summed E-state index contributed by atoms with van der Waals surface area (Å²) in [4.78, 5) is 0. The van der Waals surface area contributed by atoms with Crippen molar-refractivity contribution in [1.29, 1.82) is 0 Å². The molecule has 0 saturated carbocycles. The summed E-state index contributed by atoms with van der Waals surface area (Å²) in [6.07, 6.45) is 0. The first-order chi connectivity index (χ1) is 8.94. The molecule has 2 aromatic rings. The highest BCUT2D eigenvalue weighted by Crippen LogP contribution is 2.37. The van der Waals surface area contributed by atoms with Crippen molar-refractivity contribution in [3.8, 4) is 0 Å². The molecule has 19 heavy (non-hydrogen) atoms. The minimum absolute atomic E-state index is 0.0939. The predicted molar refractivity (Wildman–Crippen MR) is 83.2 cm³/mol. The molecule has 1 atom stereocenters. The predicted octanol–water partition coefficient (Wildman–Crippen LogP) is 4.65. The summed E-state index contributed by atoms with van der Waals surface area (Å²) in [7, 11) is 0. The van der Waals surface area contributed by atoms with Gasteiger partial charge in [-0.3, -0.25) is 0 Å². The fraction of sp³-hybridized carbons (Fsp3) is 0.294. The van der Waals surface area contributed by atoms with Crippen LogP contribution in [0.5, 0.6) is 0 Å². The van der Waals surface area contributed by atoms with E-state index < -0.39 is 5.60 Å². The molecule has 0 aliphatic carbocycles. The van der Waals surface area contributed by atoms with E-state index in [-0.39, 0.29) is 5.92 Å². The molecule has 2 heteroatoms. The average Bonchev–Trinajstić information content (AvgIpc) is 2.39. The number of hydrogen-bond donors (Lipinski definition) is 1. The molecule has 0 aliphatic heterocycles. The van der Waals surface area contributed by atoms with Crippen LogP contribution in [0.1, 0.15) is 30.5 Å². The quantitative estimate of drug-likeness (QED) is 0.873. The van der Waals surface area contributed by atoms with E-state index >= 15 is 0 Å². The van der Waals surface area contributed by atoms with Crippen molar-refractivity contribution in [2.24, 2.45) is 5.92 Å². The van der Waals surface area contributed by atoms with Gasteiger partial charge in [-0.05, 0) is 36.1 Å². The third-order valence-electron chi connectivity index (χ3n) is 3.61. The minimum Gasteiger partial charge on any atom is -0.380 e. The van der Waals surface area contributed by atoms with Gasteiger partial charge in [0.2, 0.25) is 0 Å². The first-order valence-electron chi connectivity index (χ1n) is 6.50. The Labute approximate surface area is 123 Å².